The molecular formula is C11H21NO. The smallest absolute Gasteiger partial charge is 0.220 e. The highest BCUT2D eigenvalue weighted by Gasteiger charge is 2.27. The lowest BCUT2D eigenvalue weighted by Gasteiger charge is -2.31. The Bertz CT molecular complexity index is 179. The predicted molar refractivity (Wildman–Crippen MR) is 54.1 cm³/mol. The minimum Gasteiger partial charge on any atom is -0.369 e. The van der Waals surface area contributed by atoms with Crippen LogP contribution in [0.15, 0.2) is 0 Å². The fraction of sp³-hybridized carbons (Fsp3) is 0.909. The summed E-state index contributed by atoms with van der Waals surface area (Å²) in [6, 6.07) is 0. The molecule has 1 rings (SSSR count). The van der Waals surface area contributed by atoms with E-state index in [4.69, 9.17) is 5.73 Å². The molecule has 2 N–H and O–H groups in total. The van der Waals surface area contributed by atoms with Crippen molar-refractivity contribution in [2.45, 2.75) is 46.0 Å². The average Bonchev–Trinajstić information content (AvgIpc) is 2.17. The molecule has 1 aliphatic carbocycles. The van der Waals surface area contributed by atoms with E-state index in [9.17, 15) is 4.79 Å². The van der Waals surface area contributed by atoms with Gasteiger partial charge in [-0.2, -0.15) is 0 Å². The first kappa shape index (κ1) is 10.6. The minimum atomic E-state index is -0.0898. The molecule has 1 aliphatic rings. The van der Waals surface area contributed by atoms with E-state index < -0.39 is 0 Å². The van der Waals surface area contributed by atoms with E-state index in [1.54, 1.807) is 0 Å². The molecule has 0 aromatic rings. The normalized spacial score (nSPS) is 31.2. The summed E-state index contributed by atoms with van der Waals surface area (Å²) >= 11 is 0. The molecule has 0 heterocycles. The quantitative estimate of drug-likeness (QED) is 0.717. The molecule has 1 saturated carbocycles. The molecule has 0 aromatic carbocycles. The van der Waals surface area contributed by atoms with Crippen LogP contribution in [0.1, 0.15) is 46.0 Å². The van der Waals surface area contributed by atoms with Crippen LogP contribution < -0.4 is 5.73 Å². The molecular weight excluding hydrogens is 162 g/mol. The van der Waals surface area contributed by atoms with Crippen molar-refractivity contribution in [3.63, 3.8) is 0 Å². The van der Waals surface area contributed by atoms with Crippen molar-refractivity contribution in [1.82, 2.24) is 0 Å². The topological polar surface area (TPSA) is 43.1 Å². The molecule has 2 nitrogen and oxygen atoms in total. The average molecular weight is 183 g/mol. The summed E-state index contributed by atoms with van der Waals surface area (Å²) in [7, 11) is 0. The number of hydrogen-bond acceptors (Lipinski definition) is 1. The van der Waals surface area contributed by atoms with Gasteiger partial charge in [-0.05, 0) is 24.7 Å². The largest absolute Gasteiger partial charge is 0.369 e. The third-order valence-electron chi connectivity index (χ3n) is 3.57. The third kappa shape index (κ3) is 2.71. The summed E-state index contributed by atoms with van der Waals surface area (Å²) in [4.78, 5) is 11.0. The van der Waals surface area contributed by atoms with Crippen molar-refractivity contribution in [3.05, 3.63) is 0 Å². The molecule has 0 spiro atoms. The van der Waals surface area contributed by atoms with Gasteiger partial charge < -0.3 is 5.73 Å². The van der Waals surface area contributed by atoms with Gasteiger partial charge in [0.05, 0.1) is 0 Å². The molecule has 1 fully saturated rings. The Labute approximate surface area is 80.9 Å². The van der Waals surface area contributed by atoms with E-state index in [0.717, 1.165) is 24.7 Å². The zero-order chi connectivity index (χ0) is 9.84. The molecule has 1 amide bonds. The molecule has 0 saturated heterocycles. The first-order valence-electron chi connectivity index (χ1n) is 5.44. The summed E-state index contributed by atoms with van der Waals surface area (Å²) in [5.74, 6) is 1.55. The fourth-order valence-corrected chi connectivity index (χ4v) is 2.34. The van der Waals surface area contributed by atoms with Crippen molar-refractivity contribution in [2.24, 2.45) is 23.5 Å². The SMILES string of the molecule is CCC(C)C1CCCC(C(N)=O)C1. The number of hydrogen-bond donors (Lipinski definition) is 1. The summed E-state index contributed by atoms with van der Waals surface area (Å²) in [6.45, 7) is 4.51. The van der Waals surface area contributed by atoms with Crippen molar-refractivity contribution in [3.8, 4) is 0 Å². The highest BCUT2D eigenvalue weighted by atomic mass is 16.1. The number of nitrogens with two attached hydrogens (primary N) is 1. The predicted octanol–water partition coefficient (Wildman–Crippen LogP) is 2.32. The van der Waals surface area contributed by atoms with Crippen molar-refractivity contribution >= 4 is 5.91 Å². The molecule has 0 radical (unpaired) electrons. The molecule has 2 heteroatoms. The zero-order valence-corrected chi connectivity index (χ0v) is 8.75. The maximum absolute atomic E-state index is 11.0. The molecule has 0 aliphatic heterocycles. The van der Waals surface area contributed by atoms with Crippen LogP contribution in [-0.4, -0.2) is 5.91 Å². The highest BCUT2D eigenvalue weighted by Crippen LogP contribution is 2.34. The van der Waals surface area contributed by atoms with Crippen molar-refractivity contribution in [2.75, 3.05) is 0 Å². The van der Waals surface area contributed by atoms with Crippen LogP contribution in [0.25, 0.3) is 0 Å². The van der Waals surface area contributed by atoms with Crippen molar-refractivity contribution in [1.29, 1.82) is 0 Å². The van der Waals surface area contributed by atoms with E-state index in [-0.39, 0.29) is 11.8 Å². The highest BCUT2D eigenvalue weighted by molar-refractivity contribution is 5.76. The van der Waals surface area contributed by atoms with Gasteiger partial charge in [-0.15, -0.1) is 0 Å². The lowest BCUT2D eigenvalue weighted by Crippen LogP contribution is -2.30. The van der Waals surface area contributed by atoms with Crippen LogP contribution in [0, 0.1) is 17.8 Å². The maximum Gasteiger partial charge on any atom is 0.220 e. The van der Waals surface area contributed by atoms with Crippen LogP contribution in [0.3, 0.4) is 0 Å². The third-order valence-corrected chi connectivity index (χ3v) is 3.57. The Balaban J connectivity index is 2.46. The van der Waals surface area contributed by atoms with Gasteiger partial charge in [0.25, 0.3) is 0 Å². The van der Waals surface area contributed by atoms with Crippen LogP contribution in [-0.2, 0) is 4.79 Å². The Morgan fingerprint density at radius 3 is 2.77 bits per heavy atom. The summed E-state index contributed by atoms with van der Waals surface area (Å²) in [5, 5.41) is 0. The van der Waals surface area contributed by atoms with Gasteiger partial charge in [0.1, 0.15) is 0 Å². The molecule has 13 heavy (non-hydrogen) atoms. The number of rotatable bonds is 3. The lowest BCUT2D eigenvalue weighted by atomic mass is 9.75. The van der Waals surface area contributed by atoms with Gasteiger partial charge in [-0.25, -0.2) is 0 Å². The van der Waals surface area contributed by atoms with Gasteiger partial charge in [-0.1, -0.05) is 33.1 Å². The monoisotopic (exact) mass is 183 g/mol. The van der Waals surface area contributed by atoms with Gasteiger partial charge in [-0.3, -0.25) is 4.79 Å². The molecule has 3 unspecified atom stereocenters. The molecule has 0 aromatic heterocycles. The first-order valence-corrected chi connectivity index (χ1v) is 5.44. The number of carbonyl (C=O) groups excluding carboxylic acids is 1. The first-order chi connectivity index (χ1) is 6.15. The van der Waals surface area contributed by atoms with Crippen LogP contribution >= 0.6 is 0 Å². The van der Waals surface area contributed by atoms with Gasteiger partial charge in [0, 0.05) is 5.92 Å². The van der Waals surface area contributed by atoms with E-state index in [1.165, 1.54) is 19.3 Å². The second-order valence-electron chi connectivity index (χ2n) is 4.41. The van der Waals surface area contributed by atoms with Crippen LogP contribution in [0.2, 0.25) is 0 Å². The number of carbonyl (C=O) groups is 1. The standard InChI is InChI=1S/C11H21NO/c1-3-8(2)9-5-4-6-10(7-9)11(12)13/h8-10H,3-7H2,1-2H3,(H2,12,13). The van der Waals surface area contributed by atoms with E-state index in [2.05, 4.69) is 13.8 Å². The number of primary amides is 1. The molecule has 3 atom stereocenters. The van der Waals surface area contributed by atoms with Crippen LogP contribution in [0.4, 0.5) is 0 Å². The summed E-state index contributed by atoms with van der Waals surface area (Å²) in [6.07, 6.45) is 5.74. The van der Waals surface area contributed by atoms with Crippen molar-refractivity contribution < 1.29 is 4.79 Å². The summed E-state index contributed by atoms with van der Waals surface area (Å²) < 4.78 is 0. The maximum atomic E-state index is 11.0. The Morgan fingerprint density at radius 2 is 2.23 bits per heavy atom. The minimum absolute atomic E-state index is 0.0898. The van der Waals surface area contributed by atoms with Gasteiger partial charge in [0.2, 0.25) is 5.91 Å². The van der Waals surface area contributed by atoms with E-state index in [1.807, 2.05) is 0 Å². The number of amides is 1. The Hall–Kier alpha value is -0.530. The van der Waals surface area contributed by atoms with Gasteiger partial charge >= 0.3 is 0 Å². The van der Waals surface area contributed by atoms with Crippen LogP contribution in [0.5, 0.6) is 0 Å². The molecule has 76 valence electrons. The second-order valence-corrected chi connectivity index (χ2v) is 4.41. The van der Waals surface area contributed by atoms with E-state index in [0.29, 0.717) is 0 Å². The zero-order valence-electron chi connectivity index (χ0n) is 8.75. The summed E-state index contributed by atoms with van der Waals surface area (Å²) in [5.41, 5.74) is 5.33. The lowest BCUT2D eigenvalue weighted by molar-refractivity contribution is -0.123. The Kier molecular flexibility index (Phi) is 3.76. The molecule has 0 bridgehead atoms. The fourth-order valence-electron chi connectivity index (χ4n) is 2.34. The van der Waals surface area contributed by atoms with Gasteiger partial charge in [0.15, 0.2) is 0 Å². The second kappa shape index (κ2) is 4.64. The van der Waals surface area contributed by atoms with E-state index >= 15 is 0 Å². The Morgan fingerprint density at radius 1 is 1.54 bits per heavy atom.